The van der Waals surface area contributed by atoms with Crippen LogP contribution >= 0.6 is 0 Å². The molecule has 0 bridgehead atoms. The molecule has 1 amide bonds. The lowest BCUT2D eigenvalue weighted by molar-refractivity contribution is -0.153. The van der Waals surface area contributed by atoms with Gasteiger partial charge < -0.3 is 9.64 Å². The van der Waals surface area contributed by atoms with Crippen LogP contribution in [0.3, 0.4) is 0 Å². The van der Waals surface area contributed by atoms with Crippen LogP contribution in [-0.2, 0) is 16.1 Å². The lowest BCUT2D eigenvalue weighted by atomic mass is 9.77. The maximum atomic E-state index is 13.1. The molecule has 1 aromatic heterocycles. The van der Waals surface area contributed by atoms with Crippen LogP contribution in [0, 0.1) is 11.8 Å². The van der Waals surface area contributed by atoms with Gasteiger partial charge in [0, 0.05) is 50.8 Å². The first-order chi connectivity index (χ1) is 12.2. The molecular formula is C20H29N3O2. The second-order valence-corrected chi connectivity index (χ2v) is 7.85. The minimum absolute atomic E-state index is 0.0929. The Morgan fingerprint density at radius 1 is 1.32 bits per heavy atom. The van der Waals surface area contributed by atoms with E-state index in [2.05, 4.69) is 9.88 Å². The van der Waals surface area contributed by atoms with Crippen molar-refractivity contribution in [2.45, 2.75) is 50.8 Å². The Bertz CT molecular complexity index is 590. The molecule has 5 heteroatoms. The molecule has 0 N–H and O–H groups in total. The van der Waals surface area contributed by atoms with E-state index >= 15 is 0 Å². The summed E-state index contributed by atoms with van der Waals surface area (Å²) in [5, 5.41) is 0. The van der Waals surface area contributed by atoms with E-state index in [1.165, 1.54) is 19.3 Å². The molecule has 3 atom stereocenters. The molecule has 3 heterocycles. The van der Waals surface area contributed by atoms with E-state index in [4.69, 9.17) is 4.74 Å². The van der Waals surface area contributed by atoms with E-state index in [0.29, 0.717) is 12.5 Å². The number of piperidine rings is 1. The summed E-state index contributed by atoms with van der Waals surface area (Å²) in [6, 6.07) is 6.62. The number of pyridine rings is 1. The summed E-state index contributed by atoms with van der Waals surface area (Å²) >= 11 is 0. The Hall–Kier alpha value is -1.46. The van der Waals surface area contributed by atoms with Gasteiger partial charge >= 0.3 is 0 Å². The molecule has 3 aliphatic rings. The SMILES string of the molecule is CN(Cc1ccccn1)C(=O)[C@@H]1CCO[C@@H]2CCN(C3CCC3)C[C@@H]21. The number of nitrogens with zero attached hydrogens (tertiary/aromatic N) is 3. The fourth-order valence-corrected chi connectivity index (χ4v) is 4.63. The van der Waals surface area contributed by atoms with Gasteiger partial charge in [0.25, 0.3) is 0 Å². The lowest BCUT2D eigenvalue weighted by Gasteiger charge is -2.49. The highest BCUT2D eigenvalue weighted by Gasteiger charge is 2.44. The number of likely N-dealkylation sites (tertiary alicyclic amines) is 1. The van der Waals surface area contributed by atoms with E-state index in [1.807, 2.05) is 30.1 Å². The van der Waals surface area contributed by atoms with Gasteiger partial charge in [-0.15, -0.1) is 0 Å². The molecular weight excluding hydrogens is 314 g/mol. The average molecular weight is 343 g/mol. The fourth-order valence-electron chi connectivity index (χ4n) is 4.63. The van der Waals surface area contributed by atoms with Crippen LogP contribution in [0.25, 0.3) is 0 Å². The highest BCUT2D eigenvalue weighted by Crippen LogP contribution is 2.37. The largest absolute Gasteiger partial charge is 0.378 e. The van der Waals surface area contributed by atoms with Crippen molar-refractivity contribution in [2.24, 2.45) is 11.8 Å². The zero-order valence-corrected chi connectivity index (χ0v) is 15.1. The normalized spacial score (nSPS) is 30.4. The molecule has 1 saturated carbocycles. The first-order valence-electron chi connectivity index (χ1n) is 9.73. The third-order valence-corrected chi connectivity index (χ3v) is 6.31. The highest BCUT2D eigenvalue weighted by atomic mass is 16.5. The number of hydrogen-bond acceptors (Lipinski definition) is 4. The summed E-state index contributed by atoms with van der Waals surface area (Å²) in [5.74, 6) is 0.705. The van der Waals surface area contributed by atoms with Crippen LogP contribution in [-0.4, -0.2) is 59.6 Å². The zero-order valence-electron chi connectivity index (χ0n) is 15.1. The van der Waals surface area contributed by atoms with Gasteiger partial charge in [0.2, 0.25) is 5.91 Å². The number of aromatic nitrogens is 1. The van der Waals surface area contributed by atoms with Crippen LogP contribution in [0.4, 0.5) is 0 Å². The van der Waals surface area contributed by atoms with Crippen molar-refractivity contribution in [3.05, 3.63) is 30.1 Å². The van der Waals surface area contributed by atoms with Crippen molar-refractivity contribution in [3.63, 3.8) is 0 Å². The van der Waals surface area contributed by atoms with Gasteiger partial charge in [0.1, 0.15) is 0 Å². The zero-order chi connectivity index (χ0) is 17.2. The van der Waals surface area contributed by atoms with E-state index in [9.17, 15) is 4.79 Å². The topological polar surface area (TPSA) is 45.7 Å². The second kappa shape index (κ2) is 7.42. The molecule has 136 valence electrons. The van der Waals surface area contributed by atoms with Gasteiger partial charge in [0.05, 0.1) is 18.3 Å². The molecule has 0 unspecified atom stereocenters. The second-order valence-electron chi connectivity index (χ2n) is 7.85. The van der Waals surface area contributed by atoms with Gasteiger partial charge in [0.15, 0.2) is 0 Å². The number of carbonyl (C=O) groups is 1. The number of ether oxygens (including phenoxy) is 1. The molecule has 1 aliphatic carbocycles. The van der Waals surface area contributed by atoms with Crippen molar-refractivity contribution in [1.29, 1.82) is 0 Å². The molecule has 25 heavy (non-hydrogen) atoms. The number of carbonyl (C=O) groups excluding carboxylic acids is 1. The number of hydrogen-bond donors (Lipinski definition) is 0. The minimum Gasteiger partial charge on any atom is -0.378 e. The average Bonchev–Trinajstić information content (AvgIpc) is 2.60. The van der Waals surface area contributed by atoms with Crippen LogP contribution in [0.5, 0.6) is 0 Å². The molecule has 2 aliphatic heterocycles. The number of rotatable bonds is 4. The quantitative estimate of drug-likeness (QED) is 0.842. The summed E-state index contributed by atoms with van der Waals surface area (Å²) in [6.07, 6.45) is 8.01. The maximum Gasteiger partial charge on any atom is 0.226 e. The molecule has 2 saturated heterocycles. The third-order valence-electron chi connectivity index (χ3n) is 6.31. The van der Waals surface area contributed by atoms with Gasteiger partial charge in [-0.2, -0.15) is 0 Å². The van der Waals surface area contributed by atoms with E-state index in [1.54, 1.807) is 6.20 Å². The van der Waals surface area contributed by atoms with Crippen molar-refractivity contribution in [2.75, 3.05) is 26.7 Å². The monoisotopic (exact) mass is 343 g/mol. The van der Waals surface area contributed by atoms with Gasteiger partial charge in [-0.05, 0) is 37.8 Å². The Morgan fingerprint density at radius 2 is 2.20 bits per heavy atom. The first kappa shape index (κ1) is 17.0. The molecule has 0 radical (unpaired) electrons. The van der Waals surface area contributed by atoms with Crippen molar-refractivity contribution in [3.8, 4) is 0 Å². The molecule has 1 aromatic rings. The Labute approximate surface area is 150 Å². The van der Waals surface area contributed by atoms with Crippen LogP contribution in [0.2, 0.25) is 0 Å². The third kappa shape index (κ3) is 3.58. The van der Waals surface area contributed by atoms with Crippen LogP contribution < -0.4 is 0 Å². The first-order valence-corrected chi connectivity index (χ1v) is 9.73. The van der Waals surface area contributed by atoms with Crippen LogP contribution in [0.1, 0.15) is 37.8 Å². The van der Waals surface area contributed by atoms with Crippen molar-refractivity contribution >= 4 is 5.91 Å². The van der Waals surface area contributed by atoms with Gasteiger partial charge in [-0.25, -0.2) is 0 Å². The molecule has 5 nitrogen and oxygen atoms in total. The summed E-state index contributed by atoms with van der Waals surface area (Å²) in [7, 11) is 1.91. The summed E-state index contributed by atoms with van der Waals surface area (Å²) in [6.45, 7) is 3.47. The molecule has 0 aromatic carbocycles. The highest BCUT2D eigenvalue weighted by molar-refractivity contribution is 5.79. The minimum atomic E-state index is 0.0929. The van der Waals surface area contributed by atoms with Crippen molar-refractivity contribution in [1.82, 2.24) is 14.8 Å². The van der Waals surface area contributed by atoms with Crippen molar-refractivity contribution < 1.29 is 9.53 Å². The van der Waals surface area contributed by atoms with E-state index in [-0.39, 0.29) is 17.9 Å². The summed E-state index contributed by atoms with van der Waals surface area (Å²) < 4.78 is 6.03. The number of amides is 1. The maximum absolute atomic E-state index is 13.1. The molecule has 4 rings (SSSR count). The number of fused-ring (bicyclic) bond motifs is 1. The molecule has 0 spiro atoms. The fraction of sp³-hybridized carbons (Fsp3) is 0.700. The van der Waals surface area contributed by atoms with Gasteiger partial charge in [-0.3, -0.25) is 14.7 Å². The smallest absolute Gasteiger partial charge is 0.226 e. The lowest BCUT2D eigenvalue weighted by Crippen LogP contribution is -2.56. The molecule has 3 fully saturated rings. The van der Waals surface area contributed by atoms with Crippen LogP contribution in [0.15, 0.2) is 24.4 Å². The predicted molar refractivity (Wildman–Crippen MR) is 95.9 cm³/mol. The summed E-state index contributed by atoms with van der Waals surface area (Å²) in [4.78, 5) is 22.0. The predicted octanol–water partition coefficient (Wildman–Crippen LogP) is 2.32. The Kier molecular flexibility index (Phi) is 5.04. The van der Waals surface area contributed by atoms with E-state index in [0.717, 1.165) is 44.3 Å². The van der Waals surface area contributed by atoms with E-state index < -0.39 is 0 Å². The Morgan fingerprint density at radius 3 is 2.92 bits per heavy atom. The van der Waals surface area contributed by atoms with Gasteiger partial charge in [-0.1, -0.05) is 12.5 Å². The Balaban J connectivity index is 1.42. The summed E-state index contributed by atoms with van der Waals surface area (Å²) in [5.41, 5.74) is 0.946. The standard InChI is InChI=1S/C20H29N3O2/c1-22(13-15-5-2-3-10-21-15)20(24)17-9-12-25-19-8-11-23(14-18(17)19)16-6-4-7-16/h2-3,5,10,16-19H,4,6-9,11-14H2,1H3/t17-,18-,19-/m1/s1.